The quantitative estimate of drug-likeness (QED) is 0.665. The fourth-order valence-electron chi connectivity index (χ4n) is 2.83. The van der Waals surface area contributed by atoms with Crippen LogP contribution in [0.4, 0.5) is 4.79 Å². The van der Waals surface area contributed by atoms with E-state index < -0.39 is 11.9 Å². The molecule has 6 nitrogen and oxygen atoms in total. The molecule has 3 N–H and O–H groups in total. The van der Waals surface area contributed by atoms with Crippen LogP contribution in [0.5, 0.6) is 0 Å². The average Bonchev–Trinajstić information content (AvgIpc) is 2.43. The maximum absolute atomic E-state index is 12.1. The predicted octanol–water partition coefficient (Wildman–Crippen LogP) is 1.54. The van der Waals surface area contributed by atoms with Gasteiger partial charge in [-0.3, -0.25) is 4.79 Å². The van der Waals surface area contributed by atoms with Gasteiger partial charge in [0.25, 0.3) is 0 Å². The summed E-state index contributed by atoms with van der Waals surface area (Å²) in [7, 11) is 0. The minimum absolute atomic E-state index is 0.148. The number of carboxylic acids is 1. The lowest BCUT2D eigenvalue weighted by Gasteiger charge is -2.32. The summed E-state index contributed by atoms with van der Waals surface area (Å²) in [4.78, 5) is 25.0. The molecule has 1 fully saturated rings. The second kappa shape index (κ2) is 8.87. The molecule has 1 heterocycles. The maximum Gasteiger partial charge on any atom is 0.317 e. The van der Waals surface area contributed by atoms with E-state index in [1.54, 1.807) is 4.90 Å². The Morgan fingerprint density at radius 3 is 2.67 bits per heavy atom. The number of hydrogen-bond donors (Lipinski definition) is 3. The molecule has 2 unspecified atom stereocenters. The Kier molecular flexibility index (Phi) is 7.50. The largest absolute Gasteiger partial charge is 0.481 e. The number of rotatable bonds is 7. The Morgan fingerprint density at radius 1 is 1.38 bits per heavy atom. The number of nitrogens with one attached hydrogen (secondary N) is 1. The molecule has 0 bridgehead atoms. The average molecular weight is 300 g/mol. The van der Waals surface area contributed by atoms with E-state index in [9.17, 15) is 9.59 Å². The van der Waals surface area contributed by atoms with Gasteiger partial charge in [-0.15, -0.1) is 0 Å². The Balaban J connectivity index is 2.42. The number of likely N-dealkylation sites (tertiary alicyclic amines) is 1. The van der Waals surface area contributed by atoms with Gasteiger partial charge in [0.1, 0.15) is 0 Å². The highest BCUT2D eigenvalue weighted by Gasteiger charge is 2.25. The summed E-state index contributed by atoms with van der Waals surface area (Å²) in [5, 5.41) is 20.9. The van der Waals surface area contributed by atoms with E-state index in [0.29, 0.717) is 25.4 Å². The van der Waals surface area contributed by atoms with Gasteiger partial charge >= 0.3 is 12.0 Å². The van der Waals surface area contributed by atoms with Crippen LogP contribution in [-0.4, -0.2) is 53.4 Å². The number of hydrogen-bond acceptors (Lipinski definition) is 3. The summed E-state index contributed by atoms with van der Waals surface area (Å²) >= 11 is 0. The van der Waals surface area contributed by atoms with Crippen molar-refractivity contribution in [1.29, 1.82) is 0 Å². The van der Waals surface area contributed by atoms with Crippen molar-refractivity contribution in [3.05, 3.63) is 0 Å². The fraction of sp³-hybridized carbons (Fsp3) is 0.867. The standard InChI is InChI=1S/C15H28N2O4/c1-11(2)8-13(14(19)20)9-16-15(21)17-6-3-4-12(10-17)5-7-18/h11-13,18H,3-10H2,1-2H3,(H,16,21)(H,19,20). The molecule has 0 radical (unpaired) electrons. The Bertz CT molecular complexity index is 345. The van der Waals surface area contributed by atoms with Gasteiger partial charge in [0.2, 0.25) is 0 Å². The van der Waals surface area contributed by atoms with Gasteiger partial charge in [-0.05, 0) is 37.5 Å². The molecule has 21 heavy (non-hydrogen) atoms. The van der Waals surface area contributed by atoms with E-state index in [1.165, 1.54) is 0 Å². The van der Waals surface area contributed by atoms with Crippen LogP contribution in [0.3, 0.4) is 0 Å². The number of urea groups is 1. The zero-order chi connectivity index (χ0) is 15.8. The van der Waals surface area contributed by atoms with Gasteiger partial charge in [0.05, 0.1) is 5.92 Å². The number of aliphatic hydroxyl groups excluding tert-OH is 1. The third kappa shape index (κ3) is 6.33. The molecule has 122 valence electrons. The predicted molar refractivity (Wildman–Crippen MR) is 80.0 cm³/mol. The first-order valence-electron chi connectivity index (χ1n) is 7.80. The number of carboxylic acid groups (broad SMARTS) is 1. The molecule has 1 aliphatic rings. The van der Waals surface area contributed by atoms with Crippen LogP contribution in [-0.2, 0) is 4.79 Å². The van der Waals surface area contributed by atoms with E-state index in [4.69, 9.17) is 10.2 Å². The number of carbonyl (C=O) groups excluding carboxylic acids is 1. The summed E-state index contributed by atoms with van der Waals surface area (Å²) in [6, 6.07) is -0.187. The van der Waals surface area contributed by atoms with Gasteiger partial charge in [0.15, 0.2) is 0 Å². The lowest BCUT2D eigenvalue weighted by molar-refractivity contribution is -0.142. The van der Waals surface area contributed by atoms with E-state index in [0.717, 1.165) is 19.3 Å². The van der Waals surface area contributed by atoms with Crippen LogP contribution < -0.4 is 5.32 Å². The molecule has 6 heteroatoms. The summed E-state index contributed by atoms with van der Waals surface area (Å²) in [5.41, 5.74) is 0. The van der Waals surface area contributed by atoms with Crippen LogP contribution in [0.1, 0.15) is 39.5 Å². The highest BCUT2D eigenvalue weighted by atomic mass is 16.4. The molecule has 0 aromatic heterocycles. The molecule has 1 saturated heterocycles. The Morgan fingerprint density at radius 2 is 2.10 bits per heavy atom. The molecule has 2 atom stereocenters. The summed E-state index contributed by atoms with van der Waals surface area (Å²) in [6.45, 7) is 5.62. The van der Waals surface area contributed by atoms with Crippen LogP contribution >= 0.6 is 0 Å². The zero-order valence-corrected chi connectivity index (χ0v) is 13.0. The van der Waals surface area contributed by atoms with Crippen molar-refractivity contribution in [3.8, 4) is 0 Å². The van der Waals surface area contributed by atoms with Crippen molar-refractivity contribution in [2.24, 2.45) is 17.8 Å². The second-order valence-corrected chi connectivity index (χ2v) is 6.32. The number of aliphatic carboxylic acids is 1. The fourth-order valence-corrected chi connectivity index (χ4v) is 2.83. The number of nitrogens with zero attached hydrogens (tertiary/aromatic N) is 1. The molecule has 0 aromatic rings. The highest BCUT2D eigenvalue weighted by Crippen LogP contribution is 2.19. The van der Waals surface area contributed by atoms with Crippen molar-refractivity contribution >= 4 is 12.0 Å². The Labute approximate surface area is 126 Å². The molecule has 0 aromatic carbocycles. The third-order valence-electron chi connectivity index (χ3n) is 3.95. The first kappa shape index (κ1) is 17.8. The van der Waals surface area contributed by atoms with Crippen molar-refractivity contribution in [1.82, 2.24) is 10.2 Å². The SMILES string of the molecule is CC(C)CC(CNC(=O)N1CCCC(CCO)C1)C(=O)O. The van der Waals surface area contributed by atoms with Gasteiger partial charge in [0, 0.05) is 26.2 Å². The van der Waals surface area contributed by atoms with E-state index in [2.05, 4.69) is 5.32 Å². The molecule has 1 aliphatic heterocycles. The van der Waals surface area contributed by atoms with E-state index >= 15 is 0 Å². The van der Waals surface area contributed by atoms with Gasteiger partial charge < -0.3 is 20.4 Å². The summed E-state index contributed by atoms with van der Waals surface area (Å²) in [5.74, 6) is -0.764. The zero-order valence-electron chi connectivity index (χ0n) is 13.0. The molecular formula is C15H28N2O4. The van der Waals surface area contributed by atoms with Gasteiger partial charge in [-0.2, -0.15) is 0 Å². The van der Waals surface area contributed by atoms with Crippen LogP contribution in [0, 0.1) is 17.8 Å². The summed E-state index contributed by atoms with van der Waals surface area (Å²) in [6.07, 6.45) is 3.25. The molecule has 0 spiro atoms. The first-order chi connectivity index (χ1) is 9.93. The van der Waals surface area contributed by atoms with Crippen molar-refractivity contribution in [2.75, 3.05) is 26.2 Å². The van der Waals surface area contributed by atoms with Crippen molar-refractivity contribution in [3.63, 3.8) is 0 Å². The number of piperidine rings is 1. The topological polar surface area (TPSA) is 89.9 Å². The van der Waals surface area contributed by atoms with Crippen molar-refractivity contribution < 1.29 is 19.8 Å². The number of carbonyl (C=O) groups is 2. The molecular weight excluding hydrogens is 272 g/mol. The van der Waals surface area contributed by atoms with Crippen LogP contribution in [0.2, 0.25) is 0 Å². The number of amides is 2. The minimum Gasteiger partial charge on any atom is -0.481 e. The third-order valence-corrected chi connectivity index (χ3v) is 3.95. The molecule has 0 saturated carbocycles. The smallest absolute Gasteiger partial charge is 0.317 e. The monoisotopic (exact) mass is 300 g/mol. The normalized spacial score (nSPS) is 20.4. The Hall–Kier alpha value is -1.30. The van der Waals surface area contributed by atoms with Gasteiger partial charge in [-0.25, -0.2) is 4.79 Å². The van der Waals surface area contributed by atoms with Crippen LogP contribution in [0.15, 0.2) is 0 Å². The highest BCUT2D eigenvalue weighted by molar-refractivity contribution is 5.76. The summed E-state index contributed by atoms with van der Waals surface area (Å²) < 4.78 is 0. The molecule has 2 amide bonds. The minimum atomic E-state index is -0.860. The van der Waals surface area contributed by atoms with E-state index in [-0.39, 0.29) is 25.1 Å². The lowest BCUT2D eigenvalue weighted by atomic mass is 9.95. The second-order valence-electron chi connectivity index (χ2n) is 6.32. The first-order valence-corrected chi connectivity index (χ1v) is 7.80. The maximum atomic E-state index is 12.1. The van der Waals surface area contributed by atoms with Gasteiger partial charge in [-0.1, -0.05) is 13.8 Å². The number of aliphatic hydroxyl groups is 1. The van der Waals surface area contributed by atoms with E-state index in [1.807, 2.05) is 13.8 Å². The van der Waals surface area contributed by atoms with Crippen LogP contribution in [0.25, 0.3) is 0 Å². The molecule has 0 aliphatic carbocycles. The lowest BCUT2D eigenvalue weighted by Crippen LogP contribution is -2.47. The molecule has 1 rings (SSSR count). The van der Waals surface area contributed by atoms with Crippen molar-refractivity contribution in [2.45, 2.75) is 39.5 Å².